The number of carbonyl (C=O) groups is 2. The Morgan fingerprint density at radius 2 is 2.11 bits per heavy atom. The van der Waals surface area contributed by atoms with Crippen molar-refractivity contribution in [1.29, 1.82) is 0 Å². The van der Waals surface area contributed by atoms with Crippen molar-refractivity contribution in [3.63, 3.8) is 0 Å². The van der Waals surface area contributed by atoms with Crippen molar-refractivity contribution in [3.8, 4) is 0 Å². The van der Waals surface area contributed by atoms with Gasteiger partial charge in [-0.15, -0.1) is 0 Å². The normalized spacial score (nSPS) is 20.7. The second kappa shape index (κ2) is 4.95. The number of aliphatic carboxylic acids is 1. The van der Waals surface area contributed by atoms with Crippen LogP contribution in [0.2, 0.25) is 0 Å². The molecule has 1 heterocycles. The Bertz CT molecular complexity index is 533. The number of rotatable bonds is 3. The number of amides is 1. The third-order valence-corrected chi connectivity index (χ3v) is 3.40. The highest BCUT2D eigenvalue weighted by Gasteiger charge is 2.37. The van der Waals surface area contributed by atoms with E-state index in [9.17, 15) is 18.4 Å². The third kappa shape index (κ3) is 2.57. The number of hydrogen-bond donors (Lipinski definition) is 1. The molecule has 0 saturated carbocycles. The van der Waals surface area contributed by atoms with Gasteiger partial charge in [-0.25, -0.2) is 8.78 Å². The summed E-state index contributed by atoms with van der Waals surface area (Å²) in [6, 6.07) is 2.94. The number of carbonyl (C=O) groups excluding carboxylic acids is 1. The van der Waals surface area contributed by atoms with Crippen molar-refractivity contribution >= 4 is 11.9 Å². The van der Waals surface area contributed by atoms with Gasteiger partial charge in [0.05, 0.1) is 12.0 Å². The molecule has 2 rings (SSSR count). The van der Waals surface area contributed by atoms with E-state index in [1.165, 1.54) is 11.0 Å². The van der Waals surface area contributed by atoms with Gasteiger partial charge in [-0.1, -0.05) is 6.07 Å². The van der Waals surface area contributed by atoms with Crippen molar-refractivity contribution in [2.24, 2.45) is 5.92 Å². The molecule has 0 aliphatic carbocycles. The second-order valence-corrected chi connectivity index (χ2v) is 4.63. The maximum atomic E-state index is 13.2. The molecule has 0 aromatic heterocycles. The van der Waals surface area contributed by atoms with Crippen LogP contribution in [0.3, 0.4) is 0 Å². The number of carboxylic acids is 1. The number of hydrogen-bond acceptors (Lipinski definition) is 2. The summed E-state index contributed by atoms with van der Waals surface area (Å²) in [4.78, 5) is 24.0. The lowest BCUT2D eigenvalue weighted by molar-refractivity contribution is -0.141. The molecule has 1 aromatic rings. The van der Waals surface area contributed by atoms with E-state index in [0.29, 0.717) is 5.56 Å². The van der Waals surface area contributed by atoms with Crippen molar-refractivity contribution in [2.45, 2.75) is 19.4 Å². The van der Waals surface area contributed by atoms with Crippen LogP contribution in [-0.4, -0.2) is 28.4 Å². The zero-order chi connectivity index (χ0) is 14.2. The predicted molar refractivity (Wildman–Crippen MR) is 62.2 cm³/mol. The SMILES string of the molecule is CC(c1ccc(F)c(F)c1)N1CC(C(=O)O)CC1=O. The number of halogens is 2. The average molecular weight is 269 g/mol. The van der Waals surface area contributed by atoms with E-state index in [1.807, 2.05) is 0 Å². The molecule has 1 aromatic carbocycles. The first-order valence-electron chi connectivity index (χ1n) is 5.87. The van der Waals surface area contributed by atoms with Crippen molar-refractivity contribution in [2.75, 3.05) is 6.54 Å². The minimum atomic E-state index is -1.02. The molecule has 0 bridgehead atoms. The Labute approximate surface area is 108 Å². The highest BCUT2D eigenvalue weighted by atomic mass is 19.2. The number of nitrogens with zero attached hydrogens (tertiary/aromatic N) is 1. The molecule has 1 aliphatic heterocycles. The Hall–Kier alpha value is -1.98. The third-order valence-electron chi connectivity index (χ3n) is 3.40. The molecule has 6 heteroatoms. The fourth-order valence-electron chi connectivity index (χ4n) is 2.22. The van der Waals surface area contributed by atoms with Gasteiger partial charge in [-0.3, -0.25) is 9.59 Å². The van der Waals surface area contributed by atoms with Gasteiger partial charge < -0.3 is 10.0 Å². The molecule has 1 aliphatic rings. The molecule has 102 valence electrons. The summed E-state index contributed by atoms with van der Waals surface area (Å²) < 4.78 is 26.0. The lowest BCUT2D eigenvalue weighted by Crippen LogP contribution is -2.29. The summed E-state index contributed by atoms with van der Waals surface area (Å²) in [5.41, 5.74) is 0.443. The van der Waals surface area contributed by atoms with Crippen LogP contribution in [0.25, 0.3) is 0 Å². The number of benzene rings is 1. The van der Waals surface area contributed by atoms with Crippen LogP contribution in [0, 0.1) is 17.6 Å². The van der Waals surface area contributed by atoms with Crippen molar-refractivity contribution in [3.05, 3.63) is 35.4 Å². The van der Waals surface area contributed by atoms with Crippen molar-refractivity contribution < 1.29 is 23.5 Å². The van der Waals surface area contributed by atoms with E-state index in [4.69, 9.17) is 5.11 Å². The van der Waals surface area contributed by atoms with Crippen molar-refractivity contribution in [1.82, 2.24) is 4.90 Å². The first kappa shape index (κ1) is 13.5. The first-order valence-corrected chi connectivity index (χ1v) is 5.87. The van der Waals surface area contributed by atoms with E-state index in [0.717, 1.165) is 12.1 Å². The maximum absolute atomic E-state index is 13.2. The van der Waals surface area contributed by atoms with Crippen LogP contribution >= 0.6 is 0 Å². The van der Waals surface area contributed by atoms with Gasteiger partial charge in [0.2, 0.25) is 5.91 Å². The molecule has 1 fully saturated rings. The summed E-state index contributed by atoms with van der Waals surface area (Å²) in [6.45, 7) is 1.75. The number of likely N-dealkylation sites (tertiary alicyclic amines) is 1. The molecule has 19 heavy (non-hydrogen) atoms. The molecule has 0 radical (unpaired) electrons. The van der Waals surface area contributed by atoms with Gasteiger partial charge in [0.15, 0.2) is 11.6 Å². The molecule has 1 saturated heterocycles. The average Bonchev–Trinajstić information content (AvgIpc) is 2.74. The molecule has 2 atom stereocenters. The van der Waals surface area contributed by atoms with Gasteiger partial charge in [-0.05, 0) is 24.6 Å². The van der Waals surface area contributed by atoms with Gasteiger partial charge >= 0.3 is 5.97 Å². The predicted octanol–water partition coefficient (Wildman–Crippen LogP) is 1.96. The van der Waals surface area contributed by atoms with E-state index in [-0.39, 0.29) is 18.9 Å². The van der Waals surface area contributed by atoms with E-state index in [1.54, 1.807) is 6.92 Å². The van der Waals surface area contributed by atoms with Crippen LogP contribution < -0.4 is 0 Å². The maximum Gasteiger partial charge on any atom is 0.308 e. The topological polar surface area (TPSA) is 57.6 Å². The Morgan fingerprint density at radius 3 is 2.63 bits per heavy atom. The van der Waals surface area contributed by atoms with Gasteiger partial charge in [-0.2, -0.15) is 0 Å². The highest BCUT2D eigenvalue weighted by Crippen LogP contribution is 2.29. The Balaban J connectivity index is 2.19. The van der Waals surface area contributed by atoms with Gasteiger partial charge in [0.1, 0.15) is 0 Å². The van der Waals surface area contributed by atoms with Crippen LogP contribution in [0.1, 0.15) is 24.9 Å². The largest absolute Gasteiger partial charge is 0.481 e. The summed E-state index contributed by atoms with van der Waals surface area (Å²) >= 11 is 0. The van der Waals surface area contributed by atoms with Gasteiger partial charge in [0, 0.05) is 13.0 Å². The smallest absolute Gasteiger partial charge is 0.308 e. The highest BCUT2D eigenvalue weighted by molar-refractivity contribution is 5.86. The van der Waals surface area contributed by atoms with Gasteiger partial charge in [0.25, 0.3) is 0 Å². The fourth-order valence-corrected chi connectivity index (χ4v) is 2.22. The zero-order valence-corrected chi connectivity index (χ0v) is 10.3. The molecular weight excluding hydrogens is 256 g/mol. The van der Waals surface area contributed by atoms with Crippen LogP contribution in [0.15, 0.2) is 18.2 Å². The van der Waals surface area contributed by atoms with Crippen LogP contribution in [0.4, 0.5) is 8.78 Å². The lowest BCUT2D eigenvalue weighted by Gasteiger charge is -2.25. The zero-order valence-electron chi connectivity index (χ0n) is 10.3. The first-order chi connectivity index (χ1) is 8.90. The van der Waals surface area contributed by atoms with Crippen LogP contribution in [-0.2, 0) is 9.59 Å². The standard InChI is InChI=1S/C13H13F2NO3/c1-7(8-2-3-10(14)11(15)4-8)16-6-9(13(18)19)5-12(16)17/h2-4,7,9H,5-6H2,1H3,(H,18,19). The summed E-state index contributed by atoms with van der Waals surface area (Å²) in [6.07, 6.45) is -0.0522. The fraction of sp³-hybridized carbons (Fsp3) is 0.385. The Kier molecular flexibility index (Phi) is 3.50. The minimum Gasteiger partial charge on any atom is -0.481 e. The number of carboxylic acid groups (broad SMARTS) is 1. The van der Waals surface area contributed by atoms with E-state index in [2.05, 4.69) is 0 Å². The Morgan fingerprint density at radius 1 is 1.42 bits per heavy atom. The molecule has 1 amide bonds. The minimum absolute atomic E-state index is 0.0522. The van der Waals surface area contributed by atoms with Crippen LogP contribution in [0.5, 0.6) is 0 Å². The van der Waals surface area contributed by atoms with E-state index < -0.39 is 29.6 Å². The summed E-state index contributed by atoms with van der Waals surface area (Å²) in [5, 5.41) is 8.89. The lowest BCUT2D eigenvalue weighted by atomic mass is 10.1. The second-order valence-electron chi connectivity index (χ2n) is 4.63. The quantitative estimate of drug-likeness (QED) is 0.912. The molecule has 0 spiro atoms. The van der Waals surface area contributed by atoms with E-state index >= 15 is 0 Å². The monoisotopic (exact) mass is 269 g/mol. The summed E-state index contributed by atoms with van der Waals surface area (Å²) in [5.74, 6) is -3.98. The summed E-state index contributed by atoms with van der Waals surface area (Å²) in [7, 11) is 0. The molecule has 2 unspecified atom stereocenters. The molecule has 1 N–H and O–H groups in total. The molecular formula is C13H13F2NO3. The molecule has 4 nitrogen and oxygen atoms in total.